The Hall–Kier alpha value is -0.910. The molecule has 1 saturated heterocycles. The van der Waals surface area contributed by atoms with Gasteiger partial charge in [-0.25, -0.2) is 0 Å². The van der Waals surface area contributed by atoms with E-state index in [1.165, 1.54) is 11.3 Å². The van der Waals surface area contributed by atoms with E-state index in [0.717, 1.165) is 12.0 Å². The number of aliphatic hydroxyl groups is 1. The van der Waals surface area contributed by atoms with Crippen molar-refractivity contribution < 1.29 is 14.6 Å². The van der Waals surface area contributed by atoms with Crippen molar-refractivity contribution in [2.45, 2.75) is 12.1 Å². The lowest BCUT2D eigenvalue weighted by molar-refractivity contribution is 0.112. The van der Waals surface area contributed by atoms with Gasteiger partial charge in [-0.05, 0) is 6.07 Å². The second-order valence-corrected chi connectivity index (χ2v) is 4.55. The predicted molar refractivity (Wildman–Crippen MR) is 58.7 cm³/mol. The number of hydrogen-bond acceptors (Lipinski definition) is 5. The minimum Gasteiger partial charge on any atom is -0.388 e. The molecule has 0 aromatic carbocycles. The van der Waals surface area contributed by atoms with Crippen molar-refractivity contribution in [2.24, 2.45) is 0 Å². The summed E-state index contributed by atoms with van der Waals surface area (Å²) in [5.74, 6) is 0. The highest BCUT2D eigenvalue weighted by Crippen LogP contribution is 2.25. The average Bonchev–Trinajstić information content (AvgIpc) is 2.84. The van der Waals surface area contributed by atoms with Gasteiger partial charge in [0, 0.05) is 18.1 Å². The summed E-state index contributed by atoms with van der Waals surface area (Å²) in [6.45, 7) is 0.920. The minimum atomic E-state index is -0.449. The molecule has 5 heteroatoms. The van der Waals surface area contributed by atoms with Crippen LogP contribution in [0.3, 0.4) is 0 Å². The van der Waals surface area contributed by atoms with Crippen molar-refractivity contribution in [2.75, 3.05) is 25.2 Å². The molecule has 0 aliphatic carbocycles. The molecule has 0 spiro atoms. The summed E-state index contributed by atoms with van der Waals surface area (Å²) in [5, 5.41) is 11.6. The zero-order chi connectivity index (χ0) is 10.8. The summed E-state index contributed by atoms with van der Waals surface area (Å²) in [5.41, 5.74) is 0.955. The number of anilines is 1. The third kappa shape index (κ3) is 2.04. The van der Waals surface area contributed by atoms with Crippen LogP contribution >= 0.6 is 11.3 Å². The van der Waals surface area contributed by atoms with Gasteiger partial charge in [0.25, 0.3) is 0 Å². The molecule has 0 radical (unpaired) electrons. The van der Waals surface area contributed by atoms with E-state index in [2.05, 4.69) is 0 Å². The first-order chi connectivity index (χ1) is 7.22. The number of aliphatic hydroxyl groups excluding tert-OH is 1. The van der Waals surface area contributed by atoms with Crippen LogP contribution in [0.5, 0.6) is 0 Å². The number of hydrogen-bond donors (Lipinski definition) is 1. The fraction of sp³-hybridized carbons (Fsp3) is 0.500. The lowest BCUT2D eigenvalue weighted by atomic mass is 10.2. The van der Waals surface area contributed by atoms with Gasteiger partial charge in [-0.2, -0.15) is 0 Å². The molecule has 0 amide bonds. The van der Waals surface area contributed by atoms with Gasteiger partial charge in [0.1, 0.15) is 0 Å². The number of carbonyl (C=O) groups is 1. The van der Waals surface area contributed by atoms with E-state index in [-0.39, 0.29) is 6.04 Å². The van der Waals surface area contributed by atoms with Crippen molar-refractivity contribution in [3.05, 3.63) is 16.3 Å². The predicted octanol–water partition coefficient (Wildman–Crippen LogP) is 0.756. The molecule has 2 rings (SSSR count). The monoisotopic (exact) mass is 227 g/mol. The Morgan fingerprint density at radius 2 is 2.47 bits per heavy atom. The van der Waals surface area contributed by atoms with Crippen molar-refractivity contribution in [1.82, 2.24) is 0 Å². The summed E-state index contributed by atoms with van der Waals surface area (Å²) < 4.78 is 5.19. The molecule has 0 bridgehead atoms. The maximum Gasteiger partial charge on any atom is 0.160 e. The largest absolute Gasteiger partial charge is 0.388 e. The van der Waals surface area contributed by atoms with Gasteiger partial charge in [-0.3, -0.25) is 4.79 Å². The zero-order valence-electron chi connectivity index (χ0n) is 8.42. The Labute approximate surface area is 92.1 Å². The van der Waals surface area contributed by atoms with Gasteiger partial charge >= 0.3 is 0 Å². The number of ether oxygens (including phenoxy) is 1. The molecule has 1 aromatic heterocycles. The Balaban J connectivity index is 2.12. The number of aldehydes is 1. The third-order valence-corrected chi connectivity index (χ3v) is 3.49. The molecular weight excluding hydrogens is 214 g/mol. The summed E-state index contributed by atoms with van der Waals surface area (Å²) in [4.78, 5) is 13.2. The summed E-state index contributed by atoms with van der Waals surface area (Å²) >= 11 is 1.41. The van der Waals surface area contributed by atoms with E-state index in [4.69, 9.17) is 4.74 Å². The fourth-order valence-corrected chi connectivity index (χ4v) is 2.42. The summed E-state index contributed by atoms with van der Waals surface area (Å²) in [6.07, 6.45) is 0.387. The van der Waals surface area contributed by atoms with Crippen LogP contribution < -0.4 is 4.90 Å². The van der Waals surface area contributed by atoms with Crippen LogP contribution in [0.4, 0.5) is 5.69 Å². The first-order valence-corrected chi connectivity index (χ1v) is 5.62. The Kier molecular flexibility index (Phi) is 3.04. The lowest BCUT2D eigenvalue weighted by Gasteiger charge is -2.26. The Morgan fingerprint density at radius 1 is 1.67 bits per heavy atom. The molecule has 0 saturated carbocycles. The highest BCUT2D eigenvalue weighted by atomic mass is 32.1. The minimum absolute atomic E-state index is 0.0147. The van der Waals surface area contributed by atoms with E-state index in [1.807, 2.05) is 23.4 Å². The maximum atomic E-state index is 10.5. The standard InChI is InChI=1S/C10H13NO3S/c1-11(9-4-14-5-10(9)13)7-2-8(3-12)15-6-7/h2-3,6,9-10,13H,4-5H2,1H3/t9-,10-/m1/s1. The number of nitrogens with zero attached hydrogens (tertiary/aromatic N) is 1. The third-order valence-electron chi connectivity index (χ3n) is 2.65. The van der Waals surface area contributed by atoms with Crippen molar-refractivity contribution in [3.8, 4) is 0 Å². The van der Waals surface area contributed by atoms with Crippen LogP contribution in [0.15, 0.2) is 11.4 Å². The number of likely N-dealkylation sites (N-methyl/N-ethyl adjacent to an activating group) is 1. The maximum absolute atomic E-state index is 10.5. The second kappa shape index (κ2) is 4.30. The fourth-order valence-electron chi connectivity index (χ4n) is 1.68. The van der Waals surface area contributed by atoms with Crippen LogP contribution in [-0.2, 0) is 4.74 Å². The number of rotatable bonds is 3. The molecule has 0 unspecified atom stereocenters. The van der Waals surface area contributed by atoms with E-state index >= 15 is 0 Å². The van der Waals surface area contributed by atoms with Crippen LogP contribution in [0.1, 0.15) is 9.67 Å². The summed E-state index contributed by atoms with van der Waals surface area (Å²) in [6, 6.07) is 1.81. The average molecular weight is 227 g/mol. The van der Waals surface area contributed by atoms with E-state index in [0.29, 0.717) is 18.1 Å². The summed E-state index contributed by atoms with van der Waals surface area (Å²) in [7, 11) is 1.90. The molecule has 4 nitrogen and oxygen atoms in total. The zero-order valence-corrected chi connectivity index (χ0v) is 9.24. The van der Waals surface area contributed by atoms with Gasteiger partial charge in [-0.15, -0.1) is 11.3 Å². The normalized spacial score (nSPS) is 25.5. The van der Waals surface area contributed by atoms with Crippen LogP contribution in [0, 0.1) is 0 Å². The number of thiophene rings is 1. The van der Waals surface area contributed by atoms with Crippen molar-refractivity contribution in [3.63, 3.8) is 0 Å². The topological polar surface area (TPSA) is 49.8 Å². The molecule has 1 aliphatic heterocycles. The van der Waals surface area contributed by atoms with Gasteiger partial charge in [-0.1, -0.05) is 0 Å². The molecule has 2 heterocycles. The molecular formula is C10H13NO3S. The first-order valence-electron chi connectivity index (χ1n) is 4.74. The van der Waals surface area contributed by atoms with Crippen LogP contribution in [-0.4, -0.2) is 43.8 Å². The van der Waals surface area contributed by atoms with Gasteiger partial charge < -0.3 is 14.7 Å². The Morgan fingerprint density at radius 3 is 3.00 bits per heavy atom. The number of carbonyl (C=O) groups excluding carboxylic acids is 1. The molecule has 1 fully saturated rings. The lowest BCUT2D eigenvalue weighted by Crippen LogP contribution is -2.40. The van der Waals surface area contributed by atoms with Crippen LogP contribution in [0.25, 0.3) is 0 Å². The SMILES string of the molecule is CN(c1csc(C=O)c1)[C@@H]1COC[C@H]1O. The van der Waals surface area contributed by atoms with E-state index in [9.17, 15) is 9.90 Å². The van der Waals surface area contributed by atoms with Crippen molar-refractivity contribution in [1.29, 1.82) is 0 Å². The first kappa shape index (κ1) is 10.6. The highest BCUT2D eigenvalue weighted by Gasteiger charge is 2.30. The van der Waals surface area contributed by atoms with Gasteiger partial charge in [0.05, 0.1) is 30.2 Å². The van der Waals surface area contributed by atoms with Gasteiger partial charge in [0.15, 0.2) is 6.29 Å². The molecule has 2 atom stereocenters. The molecule has 1 aromatic rings. The van der Waals surface area contributed by atoms with Crippen molar-refractivity contribution >= 4 is 23.3 Å². The Bertz CT molecular complexity index is 352. The van der Waals surface area contributed by atoms with Gasteiger partial charge in [0.2, 0.25) is 0 Å². The quantitative estimate of drug-likeness (QED) is 0.774. The van der Waals surface area contributed by atoms with E-state index < -0.39 is 6.10 Å². The molecule has 82 valence electrons. The second-order valence-electron chi connectivity index (χ2n) is 3.61. The highest BCUT2D eigenvalue weighted by molar-refractivity contribution is 7.12. The molecule has 1 aliphatic rings. The molecule has 1 N–H and O–H groups in total. The molecule has 15 heavy (non-hydrogen) atoms. The van der Waals surface area contributed by atoms with Crippen LogP contribution in [0.2, 0.25) is 0 Å². The smallest absolute Gasteiger partial charge is 0.160 e. The van der Waals surface area contributed by atoms with E-state index in [1.54, 1.807) is 0 Å².